The Morgan fingerprint density at radius 1 is 1.37 bits per heavy atom. The van der Waals surface area contributed by atoms with Crippen LogP contribution in [0.3, 0.4) is 0 Å². The van der Waals surface area contributed by atoms with Crippen molar-refractivity contribution in [2.75, 3.05) is 0 Å². The molecule has 0 aliphatic heterocycles. The number of hydrogen-bond acceptors (Lipinski definition) is 2. The third-order valence-corrected chi connectivity index (χ3v) is 3.40. The van der Waals surface area contributed by atoms with Gasteiger partial charge in [-0.25, -0.2) is 4.39 Å². The van der Waals surface area contributed by atoms with E-state index in [1.807, 2.05) is 4.57 Å². The molecule has 0 fully saturated rings. The SMILES string of the molecule is CC(C)Cn1c(CCl)nnc1-c1cc(Br)ccc1F. The molecule has 0 aliphatic carbocycles. The molecule has 0 N–H and O–H groups in total. The van der Waals surface area contributed by atoms with Gasteiger partial charge in [-0.1, -0.05) is 29.8 Å². The topological polar surface area (TPSA) is 30.7 Å². The molecule has 0 bridgehead atoms. The first-order valence-electron chi connectivity index (χ1n) is 5.96. The molecule has 1 heterocycles. The number of benzene rings is 1. The smallest absolute Gasteiger partial charge is 0.167 e. The predicted octanol–water partition coefficient (Wildman–Crippen LogP) is 4.24. The van der Waals surface area contributed by atoms with E-state index in [4.69, 9.17) is 11.6 Å². The Kier molecular flexibility index (Phi) is 4.58. The minimum absolute atomic E-state index is 0.259. The summed E-state index contributed by atoms with van der Waals surface area (Å²) in [7, 11) is 0. The van der Waals surface area contributed by atoms with Gasteiger partial charge >= 0.3 is 0 Å². The van der Waals surface area contributed by atoms with E-state index < -0.39 is 0 Å². The molecule has 0 spiro atoms. The Balaban J connectivity index is 2.55. The quantitative estimate of drug-likeness (QED) is 0.775. The standard InChI is InChI=1S/C13H14BrClFN3/c1-8(2)7-19-12(6-15)17-18-13(19)10-5-9(14)3-4-11(10)16/h3-5,8H,6-7H2,1-2H3. The third-order valence-electron chi connectivity index (χ3n) is 2.66. The number of alkyl halides is 1. The highest BCUT2D eigenvalue weighted by Crippen LogP contribution is 2.26. The third kappa shape index (κ3) is 3.15. The summed E-state index contributed by atoms with van der Waals surface area (Å²) in [4.78, 5) is 0. The van der Waals surface area contributed by atoms with Gasteiger partial charge < -0.3 is 4.57 Å². The molecule has 1 aromatic heterocycles. The van der Waals surface area contributed by atoms with Gasteiger partial charge in [-0.05, 0) is 24.1 Å². The van der Waals surface area contributed by atoms with Crippen LogP contribution in [0.4, 0.5) is 4.39 Å². The van der Waals surface area contributed by atoms with Crippen LogP contribution in [0.15, 0.2) is 22.7 Å². The van der Waals surface area contributed by atoms with E-state index in [2.05, 4.69) is 40.0 Å². The van der Waals surface area contributed by atoms with Gasteiger partial charge in [-0.3, -0.25) is 0 Å². The fourth-order valence-corrected chi connectivity index (χ4v) is 2.42. The molecular formula is C13H14BrClFN3. The van der Waals surface area contributed by atoms with Crippen molar-refractivity contribution in [1.29, 1.82) is 0 Å². The molecule has 0 radical (unpaired) electrons. The molecule has 0 unspecified atom stereocenters. The maximum Gasteiger partial charge on any atom is 0.167 e. The van der Waals surface area contributed by atoms with Crippen LogP contribution >= 0.6 is 27.5 Å². The van der Waals surface area contributed by atoms with Gasteiger partial charge in [0.2, 0.25) is 0 Å². The van der Waals surface area contributed by atoms with Gasteiger partial charge in [-0.15, -0.1) is 21.8 Å². The second-order valence-corrected chi connectivity index (χ2v) is 5.89. The molecule has 0 aliphatic rings. The van der Waals surface area contributed by atoms with Crippen molar-refractivity contribution in [3.05, 3.63) is 34.3 Å². The molecule has 0 amide bonds. The summed E-state index contributed by atoms with van der Waals surface area (Å²) >= 11 is 9.20. The molecular weight excluding hydrogens is 333 g/mol. The second-order valence-electron chi connectivity index (χ2n) is 4.70. The van der Waals surface area contributed by atoms with Crippen molar-refractivity contribution >= 4 is 27.5 Å². The Morgan fingerprint density at radius 3 is 2.74 bits per heavy atom. The Morgan fingerprint density at radius 2 is 2.11 bits per heavy atom. The molecule has 2 aromatic rings. The van der Waals surface area contributed by atoms with E-state index in [1.165, 1.54) is 6.07 Å². The summed E-state index contributed by atoms with van der Waals surface area (Å²) in [5.74, 6) is 1.51. The van der Waals surface area contributed by atoms with Gasteiger partial charge in [0.25, 0.3) is 0 Å². The molecule has 2 rings (SSSR count). The summed E-state index contributed by atoms with van der Waals surface area (Å²) in [6, 6.07) is 4.77. The number of hydrogen-bond donors (Lipinski definition) is 0. The minimum Gasteiger partial charge on any atom is -0.310 e. The number of aromatic nitrogens is 3. The lowest BCUT2D eigenvalue weighted by Crippen LogP contribution is -2.09. The first-order chi connectivity index (χ1) is 9.02. The molecule has 19 heavy (non-hydrogen) atoms. The van der Waals surface area contributed by atoms with E-state index in [-0.39, 0.29) is 11.7 Å². The fraction of sp³-hybridized carbons (Fsp3) is 0.385. The van der Waals surface area contributed by atoms with Crippen LogP contribution in [-0.2, 0) is 12.4 Å². The van der Waals surface area contributed by atoms with Crippen LogP contribution in [0.5, 0.6) is 0 Å². The molecule has 102 valence electrons. The van der Waals surface area contributed by atoms with E-state index in [0.717, 1.165) is 4.47 Å². The summed E-state index contributed by atoms with van der Waals surface area (Å²) in [5.41, 5.74) is 0.430. The maximum absolute atomic E-state index is 14.0. The lowest BCUT2D eigenvalue weighted by atomic mass is 10.1. The van der Waals surface area contributed by atoms with Gasteiger partial charge in [0.15, 0.2) is 5.82 Å². The first kappa shape index (κ1) is 14.5. The molecule has 0 saturated carbocycles. The second kappa shape index (κ2) is 6.01. The minimum atomic E-state index is -0.318. The number of rotatable bonds is 4. The van der Waals surface area contributed by atoms with Crippen molar-refractivity contribution in [3.63, 3.8) is 0 Å². The zero-order valence-electron chi connectivity index (χ0n) is 10.7. The van der Waals surface area contributed by atoms with E-state index in [0.29, 0.717) is 29.7 Å². The summed E-state index contributed by atoms with van der Waals surface area (Å²) in [5, 5.41) is 8.11. The van der Waals surface area contributed by atoms with Crippen LogP contribution in [0.25, 0.3) is 11.4 Å². The lowest BCUT2D eigenvalue weighted by Gasteiger charge is -2.12. The van der Waals surface area contributed by atoms with Crippen LogP contribution in [0.2, 0.25) is 0 Å². The Hall–Kier alpha value is -0.940. The van der Waals surface area contributed by atoms with Crippen molar-refractivity contribution in [2.24, 2.45) is 5.92 Å². The number of halogens is 3. The van der Waals surface area contributed by atoms with Crippen LogP contribution in [0, 0.1) is 11.7 Å². The lowest BCUT2D eigenvalue weighted by molar-refractivity contribution is 0.514. The monoisotopic (exact) mass is 345 g/mol. The average molecular weight is 347 g/mol. The van der Waals surface area contributed by atoms with Gasteiger partial charge in [0.1, 0.15) is 11.6 Å². The largest absolute Gasteiger partial charge is 0.310 e. The van der Waals surface area contributed by atoms with Crippen LogP contribution < -0.4 is 0 Å². The highest BCUT2D eigenvalue weighted by atomic mass is 79.9. The van der Waals surface area contributed by atoms with Gasteiger partial charge in [-0.2, -0.15) is 0 Å². The Bertz CT molecular complexity index is 583. The highest BCUT2D eigenvalue weighted by Gasteiger charge is 2.17. The molecule has 6 heteroatoms. The van der Waals surface area contributed by atoms with E-state index >= 15 is 0 Å². The zero-order chi connectivity index (χ0) is 14.0. The van der Waals surface area contributed by atoms with Crippen molar-refractivity contribution in [2.45, 2.75) is 26.3 Å². The van der Waals surface area contributed by atoms with Crippen molar-refractivity contribution < 1.29 is 4.39 Å². The first-order valence-corrected chi connectivity index (χ1v) is 7.29. The van der Waals surface area contributed by atoms with E-state index in [9.17, 15) is 4.39 Å². The summed E-state index contributed by atoms with van der Waals surface area (Å²) < 4.78 is 16.6. The van der Waals surface area contributed by atoms with E-state index in [1.54, 1.807) is 12.1 Å². The summed E-state index contributed by atoms with van der Waals surface area (Å²) in [6.07, 6.45) is 0. The Labute approximate surface area is 124 Å². The normalized spacial score (nSPS) is 11.3. The van der Waals surface area contributed by atoms with Crippen molar-refractivity contribution in [1.82, 2.24) is 14.8 Å². The molecule has 1 aromatic carbocycles. The highest BCUT2D eigenvalue weighted by molar-refractivity contribution is 9.10. The van der Waals surface area contributed by atoms with Crippen molar-refractivity contribution in [3.8, 4) is 11.4 Å². The zero-order valence-corrected chi connectivity index (χ0v) is 13.0. The average Bonchev–Trinajstić information content (AvgIpc) is 2.74. The maximum atomic E-state index is 14.0. The molecule has 3 nitrogen and oxygen atoms in total. The van der Waals surface area contributed by atoms with Gasteiger partial charge in [0, 0.05) is 11.0 Å². The van der Waals surface area contributed by atoms with Crippen LogP contribution in [0.1, 0.15) is 19.7 Å². The predicted molar refractivity (Wildman–Crippen MR) is 77.5 cm³/mol. The van der Waals surface area contributed by atoms with Crippen LogP contribution in [-0.4, -0.2) is 14.8 Å². The van der Waals surface area contributed by atoms with Gasteiger partial charge in [0.05, 0.1) is 11.4 Å². The molecule has 0 atom stereocenters. The fourth-order valence-electron chi connectivity index (χ4n) is 1.86. The summed E-state index contributed by atoms with van der Waals surface area (Å²) in [6.45, 7) is 4.87. The number of nitrogens with zero attached hydrogens (tertiary/aromatic N) is 3. The molecule has 0 saturated heterocycles.